The molecule has 0 fully saturated rings. The van der Waals surface area contributed by atoms with E-state index in [9.17, 15) is 4.91 Å². The second-order valence-electron chi connectivity index (χ2n) is 3.09. The van der Waals surface area contributed by atoms with Crippen LogP contribution in [0, 0.1) is 4.91 Å². The van der Waals surface area contributed by atoms with Crippen LogP contribution in [0.1, 0.15) is 0 Å². The minimum absolute atomic E-state index is 0.543. The topological polar surface area (TPSA) is 51.6 Å². The van der Waals surface area contributed by atoms with Gasteiger partial charge in [0.2, 0.25) is 5.62 Å². The van der Waals surface area contributed by atoms with Crippen LogP contribution in [-0.4, -0.2) is 9.13 Å². The van der Waals surface area contributed by atoms with Gasteiger partial charge in [0, 0.05) is 14.1 Å². The average Bonchev–Trinajstić information content (AvgIpc) is 2.45. The van der Waals surface area contributed by atoms with Gasteiger partial charge in [-0.2, -0.15) is 0 Å². The number of benzene rings is 1. The van der Waals surface area contributed by atoms with E-state index in [1.165, 1.54) is 0 Å². The second kappa shape index (κ2) is 3.10. The summed E-state index contributed by atoms with van der Waals surface area (Å²) in [6.45, 7) is 0. The summed E-state index contributed by atoms with van der Waals surface area (Å²) in [5.74, 6) is 0. The van der Waals surface area contributed by atoms with Crippen molar-refractivity contribution in [1.29, 1.82) is 0 Å². The lowest BCUT2D eigenvalue weighted by atomic mass is 10.3. The third kappa shape index (κ3) is 1.06. The molecule has 0 radical (unpaired) electrons. The second-order valence-corrected chi connectivity index (χ2v) is 3.09. The number of hydrogen-bond acceptors (Lipinski definition) is 2. The highest BCUT2D eigenvalue weighted by Crippen LogP contribution is 2.09. The Kier molecular flexibility index (Phi) is 1.92. The third-order valence-electron chi connectivity index (χ3n) is 2.33. The van der Waals surface area contributed by atoms with E-state index in [4.69, 9.17) is 0 Å². The fourth-order valence-electron chi connectivity index (χ4n) is 1.64. The summed E-state index contributed by atoms with van der Waals surface area (Å²) in [7, 11) is 3.71. The van der Waals surface area contributed by atoms with Crippen molar-refractivity contribution in [3.63, 3.8) is 0 Å². The molecule has 1 heterocycles. The Balaban J connectivity index is 3.00. The van der Waals surface area contributed by atoms with Crippen molar-refractivity contribution < 1.29 is 0 Å². The molecule has 0 N–H and O–H groups in total. The first-order chi connectivity index (χ1) is 6.75. The van der Waals surface area contributed by atoms with Gasteiger partial charge in [-0.3, -0.25) is 0 Å². The zero-order valence-corrected chi connectivity index (χ0v) is 8.01. The monoisotopic (exact) mass is 190 g/mol. The standard InChI is InChI=1S/C9H10N4O/c1-12-7-5-3-4-6-8(7)13(2)9(12)10-11-14/h3-6H,1-2H3. The maximum Gasteiger partial charge on any atom is 0.233 e. The quantitative estimate of drug-likeness (QED) is 0.490. The lowest BCUT2D eigenvalue weighted by molar-refractivity contribution is 0.743. The van der Waals surface area contributed by atoms with E-state index in [2.05, 4.69) is 10.4 Å². The third-order valence-corrected chi connectivity index (χ3v) is 2.33. The van der Waals surface area contributed by atoms with Crippen LogP contribution in [-0.2, 0) is 14.1 Å². The Bertz CT molecular complexity index is 507. The minimum atomic E-state index is 0.543. The van der Waals surface area contributed by atoms with Gasteiger partial charge in [0.05, 0.1) is 16.3 Å². The Morgan fingerprint density at radius 3 is 2.00 bits per heavy atom. The Hall–Kier alpha value is -1.91. The molecule has 1 aromatic heterocycles. The fourth-order valence-corrected chi connectivity index (χ4v) is 1.64. The molecule has 0 saturated carbocycles. The summed E-state index contributed by atoms with van der Waals surface area (Å²) in [6.07, 6.45) is 0. The zero-order valence-electron chi connectivity index (χ0n) is 8.01. The molecule has 5 nitrogen and oxygen atoms in total. The van der Waals surface area contributed by atoms with Crippen LogP contribution in [0.3, 0.4) is 0 Å². The van der Waals surface area contributed by atoms with Crippen LogP contribution in [0.5, 0.6) is 0 Å². The molecule has 1 aromatic carbocycles. The molecule has 72 valence electrons. The van der Waals surface area contributed by atoms with Crippen LogP contribution < -0.4 is 5.62 Å². The van der Waals surface area contributed by atoms with Crippen LogP contribution >= 0.6 is 0 Å². The molecule has 0 atom stereocenters. The van der Waals surface area contributed by atoms with Gasteiger partial charge in [0.15, 0.2) is 0 Å². The van der Waals surface area contributed by atoms with Crippen molar-refractivity contribution in [3.05, 3.63) is 34.8 Å². The lowest BCUT2D eigenvalue weighted by Crippen LogP contribution is -2.21. The number of imidazole rings is 1. The van der Waals surface area contributed by atoms with Crippen molar-refractivity contribution in [3.8, 4) is 0 Å². The molecular weight excluding hydrogens is 180 g/mol. The van der Waals surface area contributed by atoms with Crippen molar-refractivity contribution in [2.75, 3.05) is 0 Å². The Morgan fingerprint density at radius 2 is 1.57 bits per heavy atom. The maximum atomic E-state index is 10.1. The number of hydrogen-bond donors (Lipinski definition) is 0. The van der Waals surface area contributed by atoms with Gasteiger partial charge in [-0.25, -0.2) is 0 Å². The molecule has 2 rings (SSSR count). The number of nitroso groups, excluding NO2 is 1. The molecule has 0 spiro atoms. The Labute approximate surface area is 80.3 Å². The summed E-state index contributed by atoms with van der Waals surface area (Å²) in [4.78, 5) is 10.1. The molecule has 0 aliphatic rings. The van der Waals surface area contributed by atoms with E-state index in [0.29, 0.717) is 5.62 Å². The number of fused-ring (bicyclic) bond motifs is 1. The van der Waals surface area contributed by atoms with Gasteiger partial charge < -0.3 is 9.13 Å². The molecular formula is C9H10N4O. The molecule has 0 unspecified atom stereocenters. The zero-order chi connectivity index (χ0) is 10.1. The first-order valence-corrected chi connectivity index (χ1v) is 4.22. The average molecular weight is 190 g/mol. The molecule has 14 heavy (non-hydrogen) atoms. The van der Waals surface area contributed by atoms with E-state index in [-0.39, 0.29) is 0 Å². The van der Waals surface area contributed by atoms with Crippen molar-refractivity contribution >= 4 is 11.0 Å². The lowest BCUT2D eigenvalue weighted by Gasteiger charge is -1.91. The van der Waals surface area contributed by atoms with Crippen LogP contribution in [0.4, 0.5) is 0 Å². The van der Waals surface area contributed by atoms with Crippen molar-refractivity contribution in [2.45, 2.75) is 0 Å². The smallest absolute Gasteiger partial charge is 0.233 e. The van der Waals surface area contributed by atoms with Crippen LogP contribution in [0.25, 0.3) is 11.0 Å². The molecule has 0 saturated heterocycles. The highest BCUT2D eigenvalue weighted by molar-refractivity contribution is 5.75. The predicted octanol–water partition coefficient (Wildman–Crippen LogP) is 1.10. The highest BCUT2D eigenvalue weighted by atomic mass is 16.3. The van der Waals surface area contributed by atoms with Gasteiger partial charge in [-0.05, 0) is 12.1 Å². The number of aromatic nitrogens is 2. The molecule has 0 amide bonds. The van der Waals surface area contributed by atoms with E-state index in [1.807, 2.05) is 47.5 Å². The van der Waals surface area contributed by atoms with Gasteiger partial charge in [-0.1, -0.05) is 17.2 Å². The minimum Gasteiger partial charge on any atom is -0.312 e. The molecule has 0 aliphatic carbocycles. The number of aryl methyl sites for hydroxylation is 2. The van der Waals surface area contributed by atoms with Gasteiger partial charge in [0.1, 0.15) is 0 Å². The molecule has 5 heteroatoms. The molecule has 2 aromatic rings. The number of nitrogens with zero attached hydrogens (tertiary/aromatic N) is 4. The fraction of sp³-hybridized carbons (Fsp3) is 0.222. The summed E-state index contributed by atoms with van der Waals surface area (Å²) < 4.78 is 3.66. The molecule has 0 bridgehead atoms. The van der Waals surface area contributed by atoms with Crippen molar-refractivity contribution in [1.82, 2.24) is 9.13 Å². The summed E-state index contributed by atoms with van der Waals surface area (Å²) in [5.41, 5.74) is 2.59. The van der Waals surface area contributed by atoms with E-state index < -0.39 is 0 Å². The van der Waals surface area contributed by atoms with Crippen LogP contribution in [0.2, 0.25) is 0 Å². The van der Waals surface area contributed by atoms with Crippen molar-refractivity contribution in [2.24, 2.45) is 24.5 Å². The molecule has 0 aliphatic heterocycles. The number of rotatable bonds is 1. The largest absolute Gasteiger partial charge is 0.312 e. The Morgan fingerprint density at radius 1 is 1.07 bits per heavy atom. The normalized spacial score (nSPS) is 10.4. The van der Waals surface area contributed by atoms with E-state index >= 15 is 0 Å². The van der Waals surface area contributed by atoms with Gasteiger partial charge in [0.25, 0.3) is 0 Å². The first-order valence-electron chi connectivity index (χ1n) is 4.22. The maximum absolute atomic E-state index is 10.1. The SMILES string of the molecule is Cn1c(=NN=O)n(C)c2ccccc21. The highest BCUT2D eigenvalue weighted by Gasteiger charge is 2.04. The van der Waals surface area contributed by atoms with E-state index in [0.717, 1.165) is 11.0 Å². The number of para-hydroxylation sites is 2. The van der Waals surface area contributed by atoms with Gasteiger partial charge in [-0.15, -0.1) is 4.91 Å². The summed E-state index contributed by atoms with van der Waals surface area (Å²) in [5, 5.41) is 6.09. The summed E-state index contributed by atoms with van der Waals surface area (Å²) in [6, 6.07) is 7.83. The van der Waals surface area contributed by atoms with E-state index in [1.54, 1.807) is 0 Å². The van der Waals surface area contributed by atoms with Crippen LogP contribution in [0.15, 0.2) is 34.7 Å². The predicted molar refractivity (Wildman–Crippen MR) is 53.2 cm³/mol. The van der Waals surface area contributed by atoms with Gasteiger partial charge >= 0.3 is 0 Å². The summed E-state index contributed by atoms with van der Waals surface area (Å²) >= 11 is 0. The first kappa shape index (κ1) is 8.68.